The van der Waals surface area contributed by atoms with E-state index in [-0.39, 0.29) is 11.7 Å². The molecular formula is C18H20BrN3O2S. The molecule has 1 amide bonds. The Balaban J connectivity index is 1.71. The third kappa shape index (κ3) is 2.84. The molecule has 0 radical (unpaired) electrons. The monoisotopic (exact) mass is 421 g/mol. The molecule has 1 atom stereocenters. The Morgan fingerprint density at radius 2 is 2.20 bits per heavy atom. The second kappa shape index (κ2) is 6.30. The van der Waals surface area contributed by atoms with E-state index in [0.29, 0.717) is 5.56 Å². The summed E-state index contributed by atoms with van der Waals surface area (Å²) < 4.78 is 0.878. The first-order chi connectivity index (χ1) is 12.0. The van der Waals surface area contributed by atoms with Crippen LogP contribution in [0.15, 0.2) is 16.6 Å². The molecule has 1 unspecified atom stereocenters. The average Bonchev–Trinajstić information content (AvgIpc) is 2.95. The van der Waals surface area contributed by atoms with Crippen molar-refractivity contribution in [3.05, 3.63) is 43.7 Å². The largest absolute Gasteiger partial charge is 0.507 e. The molecule has 0 aliphatic carbocycles. The molecule has 25 heavy (non-hydrogen) atoms. The molecule has 0 bridgehead atoms. The zero-order valence-corrected chi connectivity index (χ0v) is 16.6. The number of thiophene rings is 1. The zero-order chi connectivity index (χ0) is 17.7. The molecule has 1 aromatic heterocycles. The van der Waals surface area contributed by atoms with Gasteiger partial charge in [0.25, 0.3) is 5.91 Å². The molecular weight excluding hydrogens is 402 g/mol. The van der Waals surface area contributed by atoms with E-state index in [4.69, 9.17) is 0 Å². The number of aromatic hydroxyl groups is 1. The van der Waals surface area contributed by atoms with E-state index in [0.717, 1.165) is 46.7 Å². The van der Waals surface area contributed by atoms with Crippen LogP contribution in [-0.2, 0) is 13.0 Å². The van der Waals surface area contributed by atoms with Crippen LogP contribution >= 0.6 is 27.3 Å². The number of anilines is 1. The van der Waals surface area contributed by atoms with Gasteiger partial charge in [0.05, 0.1) is 5.56 Å². The lowest BCUT2D eigenvalue weighted by molar-refractivity contribution is 0.0934. The van der Waals surface area contributed by atoms with Crippen molar-refractivity contribution in [2.24, 2.45) is 0 Å². The fraction of sp³-hybridized carbons (Fsp3) is 0.389. The van der Waals surface area contributed by atoms with Crippen molar-refractivity contribution < 1.29 is 9.90 Å². The highest BCUT2D eigenvalue weighted by Crippen LogP contribution is 2.42. The Bertz CT molecular complexity index is 864. The van der Waals surface area contributed by atoms with Gasteiger partial charge < -0.3 is 15.7 Å². The highest BCUT2D eigenvalue weighted by molar-refractivity contribution is 9.10. The van der Waals surface area contributed by atoms with Crippen molar-refractivity contribution in [3.63, 3.8) is 0 Å². The lowest BCUT2D eigenvalue weighted by atomic mass is 9.99. The van der Waals surface area contributed by atoms with Gasteiger partial charge in [0.1, 0.15) is 16.9 Å². The van der Waals surface area contributed by atoms with Gasteiger partial charge in [0.2, 0.25) is 0 Å². The first-order valence-electron chi connectivity index (χ1n) is 8.41. The van der Waals surface area contributed by atoms with Crippen molar-refractivity contribution in [3.8, 4) is 5.75 Å². The van der Waals surface area contributed by atoms with E-state index < -0.39 is 6.17 Å². The molecule has 0 fully saturated rings. The number of hydrogen-bond donors (Lipinski definition) is 3. The molecule has 7 heteroatoms. The number of halogens is 1. The molecule has 132 valence electrons. The second-order valence-electron chi connectivity index (χ2n) is 6.54. The first kappa shape index (κ1) is 16.9. The SMILES string of the molecule is CCN1CCc2c(sc3c2C(=O)NC(c2cc(Br)cc(C)c2O)N3)C1. The number of carbonyl (C=O) groups is 1. The highest BCUT2D eigenvalue weighted by atomic mass is 79.9. The third-order valence-electron chi connectivity index (χ3n) is 4.97. The minimum atomic E-state index is -0.432. The molecule has 4 rings (SSSR count). The summed E-state index contributed by atoms with van der Waals surface area (Å²) in [4.78, 5) is 16.4. The van der Waals surface area contributed by atoms with Crippen LogP contribution in [0.3, 0.4) is 0 Å². The number of nitrogens with zero attached hydrogens (tertiary/aromatic N) is 1. The smallest absolute Gasteiger partial charge is 0.256 e. The number of carbonyl (C=O) groups excluding carboxylic acids is 1. The topological polar surface area (TPSA) is 64.6 Å². The van der Waals surface area contributed by atoms with Crippen LogP contribution in [0.4, 0.5) is 5.00 Å². The normalized spacial score (nSPS) is 19.8. The summed E-state index contributed by atoms with van der Waals surface area (Å²) in [6.45, 7) is 6.94. The van der Waals surface area contributed by atoms with Gasteiger partial charge in [0, 0.05) is 28.0 Å². The summed E-state index contributed by atoms with van der Waals surface area (Å²) in [6.07, 6.45) is 0.481. The average molecular weight is 422 g/mol. The summed E-state index contributed by atoms with van der Waals surface area (Å²) in [5.74, 6) is 0.154. The van der Waals surface area contributed by atoms with Crippen LogP contribution in [0.2, 0.25) is 0 Å². The lowest BCUT2D eigenvalue weighted by Crippen LogP contribution is -2.39. The number of aryl methyl sites for hydroxylation is 1. The number of benzene rings is 1. The minimum absolute atomic E-state index is 0.0572. The number of phenolic OH excluding ortho intramolecular Hbond substituents is 1. The first-order valence-corrected chi connectivity index (χ1v) is 10.0. The summed E-state index contributed by atoms with van der Waals surface area (Å²) in [5, 5.41) is 17.8. The molecule has 0 saturated carbocycles. The van der Waals surface area contributed by atoms with Crippen molar-refractivity contribution >= 4 is 38.2 Å². The van der Waals surface area contributed by atoms with Crippen LogP contribution in [0.1, 0.15) is 45.0 Å². The maximum atomic E-state index is 12.8. The van der Waals surface area contributed by atoms with Gasteiger partial charge in [-0.3, -0.25) is 9.69 Å². The van der Waals surface area contributed by atoms with Gasteiger partial charge in [-0.1, -0.05) is 22.9 Å². The van der Waals surface area contributed by atoms with Gasteiger partial charge in [-0.2, -0.15) is 0 Å². The molecule has 1 aromatic carbocycles. The summed E-state index contributed by atoms with van der Waals surface area (Å²) in [5.41, 5.74) is 3.42. The number of fused-ring (bicyclic) bond motifs is 3. The number of likely N-dealkylation sites (N-methyl/N-ethyl adjacent to an activating group) is 1. The van der Waals surface area contributed by atoms with Crippen LogP contribution in [0.5, 0.6) is 5.75 Å². The molecule has 2 aromatic rings. The third-order valence-corrected chi connectivity index (χ3v) is 6.57. The van der Waals surface area contributed by atoms with E-state index in [2.05, 4.69) is 38.4 Å². The highest BCUT2D eigenvalue weighted by Gasteiger charge is 2.34. The summed E-state index contributed by atoms with van der Waals surface area (Å²) in [6, 6.07) is 3.70. The molecule has 3 N–H and O–H groups in total. The van der Waals surface area contributed by atoms with Crippen LogP contribution in [-0.4, -0.2) is 29.0 Å². The van der Waals surface area contributed by atoms with Crippen molar-refractivity contribution in [2.45, 2.75) is 33.0 Å². The maximum Gasteiger partial charge on any atom is 0.256 e. The van der Waals surface area contributed by atoms with Crippen molar-refractivity contribution in [1.82, 2.24) is 10.2 Å². The molecule has 5 nitrogen and oxygen atoms in total. The Morgan fingerprint density at radius 1 is 1.40 bits per heavy atom. The molecule has 3 heterocycles. The fourth-order valence-electron chi connectivity index (χ4n) is 3.58. The van der Waals surface area contributed by atoms with E-state index in [1.54, 1.807) is 11.3 Å². The van der Waals surface area contributed by atoms with Gasteiger partial charge in [-0.05, 0) is 43.1 Å². The van der Waals surface area contributed by atoms with Gasteiger partial charge >= 0.3 is 0 Å². The quantitative estimate of drug-likeness (QED) is 0.690. The standard InChI is InChI=1S/C18H20BrN3O2S/c1-3-22-5-4-11-13(8-22)25-18-14(11)17(24)20-16(21-18)12-7-10(19)6-9(2)15(12)23/h6-7,16,21,23H,3-5,8H2,1-2H3,(H,20,24). The predicted octanol–water partition coefficient (Wildman–Crippen LogP) is 3.76. The number of amides is 1. The minimum Gasteiger partial charge on any atom is -0.507 e. The van der Waals surface area contributed by atoms with E-state index in [1.165, 1.54) is 10.4 Å². The lowest BCUT2D eigenvalue weighted by Gasteiger charge is -2.28. The molecule has 0 saturated heterocycles. The number of hydrogen-bond acceptors (Lipinski definition) is 5. The molecule has 2 aliphatic heterocycles. The zero-order valence-electron chi connectivity index (χ0n) is 14.1. The Kier molecular flexibility index (Phi) is 4.25. The van der Waals surface area contributed by atoms with Crippen LogP contribution in [0, 0.1) is 6.92 Å². The second-order valence-corrected chi connectivity index (χ2v) is 8.56. The number of rotatable bonds is 2. The van der Waals surface area contributed by atoms with Crippen LogP contribution < -0.4 is 10.6 Å². The van der Waals surface area contributed by atoms with Crippen molar-refractivity contribution in [1.29, 1.82) is 0 Å². The van der Waals surface area contributed by atoms with E-state index in [1.807, 2.05) is 19.1 Å². The Morgan fingerprint density at radius 3 is 2.96 bits per heavy atom. The summed E-state index contributed by atoms with van der Waals surface area (Å²) in [7, 11) is 0. The number of phenols is 1. The van der Waals surface area contributed by atoms with E-state index in [9.17, 15) is 9.90 Å². The molecule has 2 aliphatic rings. The predicted molar refractivity (Wildman–Crippen MR) is 103 cm³/mol. The van der Waals surface area contributed by atoms with Gasteiger partial charge in [-0.25, -0.2) is 0 Å². The van der Waals surface area contributed by atoms with Crippen molar-refractivity contribution in [2.75, 3.05) is 18.4 Å². The van der Waals surface area contributed by atoms with Gasteiger partial charge in [0.15, 0.2) is 0 Å². The van der Waals surface area contributed by atoms with E-state index >= 15 is 0 Å². The fourth-order valence-corrected chi connectivity index (χ4v) is 5.48. The Labute approximate surface area is 159 Å². The summed E-state index contributed by atoms with van der Waals surface area (Å²) >= 11 is 5.13. The van der Waals surface area contributed by atoms with Crippen LogP contribution in [0.25, 0.3) is 0 Å². The number of nitrogens with one attached hydrogen (secondary N) is 2. The maximum absolute atomic E-state index is 12.8. The molecule has 0 spiro atoms. The Hall–Kier alpha value is -1.57. The van der Waals surface area contributed by atoms with Gasteiger partial charge in [-0.15, -0.1) is 11.3 Å².